The van der Waals surface area contributed by atoms with Gasteiger partial charge in [-0.05, 0) is 68.2 Å². The highest BCUT2D eigenvalue weighted by Crippen LogP contribution is 2.69. The summed E-state index contributed by atoms with van der Waals surface area (Å²) in [5, 5.41) is 13.8. The minimum Gasteiger partial charge on any atom is -0.393 e. The van der Waals surface area contributed by atoms with Crippen molar-refractivity contribution < 1.29 is 24.2 Å². The first-order valence-electron chi connectivity index (χ1n) is 15.2. The van der Waals surface area contributed by atoms with Gasteiger partial charge < -0.3 is 14.6 Å². The Morgan fingerprint density at radius 3 is 2.85 bits per heavy atom. The number of allylic oxidation sites excluding steroid dienone is 4. The number of hydrogen-bond donors (Lipinski definition) is 1. The van der Waals surface area contributed by atoms with Gasteiger partial charge in [0.2, 0.25) is 0 Å². The van der Waals surface area contributed by atoms with Crippen molar-refractivity contribution in [1.29, 1.82) is 0 Å². The van der Waals surface area contributed by atoms with E-state index >= 15 is 0 Å². The molecule has 9 atom stereocenters. The van der Waals surface area contributed by atoms with Crippen molar-refractivity contribution in [3.8, 4) is 0 Å². The van der Waals surface area contributed by atoms with Crippen LogP contribution in [0.3, 0.4) is 0 Å². The maximum absolute atomic E-state index is 14.5. The van der Waals surface area contributed by atoms with Crippen LogP contribution in [0, 0.1) is 28.6 Å². The molecule has 0 amide bonds. The summed E-state index contributed by atoms with van der Waals surface area (Å²) in [5.74, 6) is 0.715. The highest BCUT2D eigenvalue weighted by atomic mass is 32.2. The number of nitrogens with zero attached hydrogens (tertiary/aromatic N) is 1. The maximum Gasteiger partial charge on any atom is 0.178 e. The summed E-state index contributed by atoms with van der Waals surface area (Å²) in [6.07, 6.45) is 8.75. The quantitative estimate of drug-likeness (QED) is 0.420. The van der Waals surface area contributed by atoms with E-state index in [1.165, 1.54) is 11.8 Å². The Hall–Kier alpha value is -2.32. The summed E-state index contributed by atoms with van der Waals surface area (Å²) in [6, 6.07) is 12.0. The van der Waals surface area contributed by atoms with Crippen LogP contribution in [0.5, 0.6) is 0 Å². The van der Waals surface area contributed by atoms with Gasteiger partial charge in [0, 0.05) is 22.1 Å². The van der Waals surface area contributed by atoms with Gasteiger partial charge in [0.1, 0.15) is 0 Å². The molecule has 1 aromatic heterocycles. The summed E-state index contributed by atoms with van der Waals surface area (Å²) < 4.78 is 13.4. The van der Waals surface area contributed by atoms with Gasteiger partial charge in [0.15, 0.2) is 23.5 Å². The van der Waals surface area contributed by atoms with Gasteiger partial charge >= 0.3 is 0 Å². The third kappa shape index (κ3) is 3.99. The molecule has 6 nitrogen and oxygen atoms in total. The fraction of sp³-hybridized carbons (Fsp3) is 0.559. The number of aliphatic hydroxyl groups is 1. The molecule has 216 valence electrons. The van der Waals surface area contributed by atoms with E-state index in [-0.39, 0.29) is 46.6 Å². The number of hydrogen-bond acceptors (Lipinski definition) is 7. The van der Waals surface area contributed by atoms with Crippen LogP contribution >= 0.6 is 11.8 Å². The van der Waals surface area contributed by atoms with E-state index < -0.39 is 23.4 Å². The molecule has 7 heteroatoms. The van der Waals surface area contributed by atoms with Crippen LogP contribution in [0.1, 0.15) is 59.3 Å². The molecule has 7 rings (SSSR count). The van der Waals surface area contributed by atoms with E-state index in [1.54, 1.807) is 12.2 Å². The van der Waals surface area contributed by atoms with E-state index in [4.69, 9.17) is 14.5 Å². The Balaban J connectivity index is 1.21. The lowest BCUT2D eigenvalue weighted by atomic mass is 9.46. The van der Waals surface area contributed by atoms with Gasteiger partial charge in [-0.2, -0.15) is 0 Å². The Bertz CT molecular complexity index is 1470. The highest BCUT2D eigenvalue weighted by Gasteiger charge is 2.75. The van der Waals surface area contributed by atoms with Gasteiger partial charge in [-0.15, -0.1) is 0 Å². The number of carbonyl (C=O) groups excluding carboxylic acids is 2. The molecule has 41 heavy (non-hydrogen) atoms. The number of aromatic nitrogens is 1. The summed E-state index contributed by atoms with van der Waals surface area (Å²) in [5.41, 5.74) is 0.0457. The number of benzene rings is 1. The fourth-order valence-electron chi connectivity index (χ4n) is 9.38. The summed E-state index contributed by atoms with van der Waals surface area (Å²) >= 11 is 1.46. The largest absolute Gasteiger partial charge is 0.393 e. The van der Waals surface area contributed by atoms with Crippen LogP contribution < -0.4 is 0 Å². The minimum atomic E-state index is -1.09. The van der Waals surface area contributed by atoms with Gasteiger partial charge in [0.05, 0.1) is 28.5 Å². The SMILES string of the molecule is CCC[C@H]1O[C@H]2CC3C4CCC5=CC(=O)C=CC5(C)C4[C@@H](O)CC3(C)[C@]2(C(=O)CSc2ccc3ccccc3n2)O1. The van der Waals surface area contributed by atoms with Crippen molar-refractivity contribution in [3.63, 3.8) is 0 Å². The topological polar surface area (TPSA) is 85.7 Å². The van der Waals surface area contributed by atoms with Gasteiger partial charge in [-0.25, -0.2) is 4.98 Å². The van der Waals surface area contributed by atoms with E-state index in [0.29, 0.717) is 6.42 Å². The van der Waals surface area contributed by atoms with Crippen molar-refractivity contribution >= 4 is 34.2 Å². The van der Waals surface area contributed by atoms with Crippen molar-refractivity contribution in [1.82, 2.24) is 4.98 Å². The smallest absolute Gasteiger partial charge is 0.178 e. The van der Waals surface area contributed by atoms with E-state index in [0.717, 1.165) is 53.6 Å². The first kappa shape index (κ1) is 27.5. The number of pyridine rings is 1. The van der Waals surface area contributed by atoms with Crippen molar-refractivity contribution in [2.24, 2.45) is 28.6 Å². The third-order valence-corrected chi connectivity index (χ3v) is 12.1. The molecule has 1 aromatic carbocycles. The number of rotatable bonds is 6. The average Bonchev–Trinajstić information content (AvgIpc) is 3.44. The van der Waals surface area contributed by atoms with Crippen LogP contribution in [-0.4, -0.2) is 51.5 Å². The Labute approximate surface area is 246 Å². The lowest BCUT2D eigenvalue weighted by Gasteiger charge is -2.59. The molecule has 0 spiro atoms. The summed E-state index contributed by atoms with van der Waals surface area (Å²) in [4.78, 5) is 31.5. The Morgan fingerprint density at radius 2 is 2.02 bits per heavy atom. The van der Waals surface area contributed by atoms with Gasteiger partial charge in [-0.3, -0.25) is 9.59 Å². The molecule has 5 unspecified atom stereocenters. The number of ketones is 2. The van der Waals surface area contributed by atoms with E-state index in [1.807, 2.05) is 42.5 Å². The second-order valence-electron chi connectivity index (χ2n) is 13.2. The number of thioether (sulfide) groups is 1. The van der Waals surface area contributed by atoms with Crippen LogP contribution in [0.15, 0.2) is 65.2 Å². The van der Waals surface area contributed by atoms with Crippen molar-refractivity contribution in [2.45, 2.75) is 88.4 Å². The number of ether oxygens (including phenoxy) is 2. The number of carbonyl (C=O) groups is 2. The second kappa shape index (κ2) is 9.87. The molecule has 1 aliphatic heterocycles. The van der Waals surface area contributed by atoms with E-state index in [2.05, 4.69) is 20.8 Å². The normalized spacial score (nSPS) is 41.0. The first-order valence-corrected chi connectivity index (χ1v) is 16.2. The molecule has 4 aliphatic carbocycles. The van der Waals surface area contributed by atoms with Crippen LogP contribution in [0.4, 0.5) is 0 Å². The fourth-order valence-corrected chi connectivity index (χ4v) is 10.2. The zero-order valence-electron chi connectivity index (χ0n) is 24.0. The molecule has 1 saturated heterocycles. The molecule has 1 N–H and O–H groups in total. The molecule has 2 aromatic rings. The average molecular weight is 574 g/mol. The van der Waals surface area contributed by atoms with E-state index in [9.17, 15) is 14.7 Å². The molecule has 5 aliphatic rings. The third-order valence-electron chi connectivity index (χ3n) is 11.2. The molecular formula is C34H39NO5S. The highest BCUT2D eigenvalue weighted by molar-refractivity contribution is 7.99. The van der Waals surface area contributed by atoms with Crippen LogP contribution in [0.2, 0.25) is 0 Å². The summed E-state index contributed by atoms with van der Waals surface area (Å²) in [7, 11) is 0. The molecule has 0 radical (unpaired) electrons. The Kier molecular flexibility index (Phi) is 6.62. The molecular weight excluding hydrogens is 534 g/mol. The van der Waals surface area contributed by atoms with Crippen molar-refractivity contribution in [3.05, 3.63) is 60.2 Å². The van der Waals surface area contributed by atoms with Crippen LogP contribution in [0.25, 0.3) is 10.9 Å². The molecule has 0 bridgehead atoms. The second-order valence-corrected chi connectivity index (χ2v) is 14.2. The first-order chi connectivity index (χ1) is 19.7. The number of fused-ring (bicyclic) bond motifs is 8. The molecule has 3 saturated carbocycles. The predicted molar refractivity (Wildman–Crippen MR) is 158 cm³/mol. The van der Waals surface area contributed by atoms with Gasteiger partial charge in [0.25, 0.3) is 0 Å². The zero-order chi connectivity index (χ0) is 28.6. The standard InChI is InChI=1S/C34H39NO5S/c1-4-7-30-39-28-17-24-23-12-11-21-16-22(36)14-15-32(21,2)31(23)26(37)18-33(24,3)34(28,40-30)27(38)19-41-29-13-10-20-8-5-6-9-25(20)35-29/h5-6,8-10,13-16,23-24,26,28,30-31,37H,4,7,11-12,17-19H2,1-3H3/t23?,24?,26-,28-,30-,31?,32?,33?,34+/m0/s1. The molecule has 4 fully saturated rings. The lowest BCUT2D eigenvalue weighted by Crippen LogP contribution is -2.63. The predicted octanol–water partition coefficient (Wildman–Crippen LogP) is 6.07. The Morgan fingerprint density at radius 1 is 1.20 bits per heavy atom. The number of para-hydroxylation sites is 1. The van der Waals surface area contributed by atoms with Crippen molar-refractivity contribution in [2.75, 3.05) is 5.75 Å². The number of aliphatic hydroxyl groups excluding tert-OH is 1. The monoisotopic (exact) mass is 573 g/mol. The number of Topliss-reactive ketones (excluding diaryl/α,β-unsaturated/α-hetero) is 1. The zero-order valence-corrected chi connectivity index (χ0v) is 24.9. The summed E-state index contributed by atoms with van der Waals surface area (Å²) in [6.45, 7) is 6.46. The maximum atomic E-state index is 14.5. The van der Waals surface area contributed by atoms with Gasteiger partial charge in [-0.1, -0.05) is 74.9 Å². The molecule has 2 heterocycles. The lowest BCUT2D eigenvalue weighted by molar-refractivity contribution is -0.197. The van der Waals surface area contributed by atoms with Crippen LogP contribution in [-0.2, 0) is 19.1 Å². The minimum absolute atomic E-state index is 0.00137.